The second kappa shape index (κ2) is 6.62. The molecule has 2 aromatic rings. The lowest BCUT2D eigenvalue weighted by atomic mass is 10.3. The van der Waals surface area contributed by atoms with E-state index in [1.54, 1.807) is 37.3 Å². The van der Waals surface area contributed by atoms with Crippen LogP contribution in [0.3, 0.4) is 0 Å². The number of amides is 1. The molecule has 0 fully saturated rings. The molecule has 0 atom stereocenters. The van der Waals surface area contributed by atoms with Crippen LogP contribution in [0.25, 0.3) is 0 Å². The lowest BCUT2D eigenvalue weighted by Gasteiger charge is -2.05. The normalized spacial score (nSPS) is 9.85. The first-order chi connectivity index (χ1) is 9.70. The summed E-state index contributed by atoms with van der Waals surface area (Å²) in [5.74, 6) is -0.253. The van der Waals surface area contributed by atoms with E-state index >= 15 is 0 Å². The Labute approximate surface area is 118 Å². The van der Waals surface area contributed by atoms with Crippen LogP contribution in [0.5, 0.6) is 5.75 Å². The number of hydrogen-bond donors (Lipinski definition) is 1. The first kappa shape index (κ1) is 13.9. The second-order valence-corrected chi connectivity index (χ2v) is 4.25. The number of para-hydroxylation sites is 1. The van der Waals surface area contributed by atoms with Crippen LogP contribution in [-0.2, 0) is 4.74 Å². The number of ether oxygens (including phenoxy) is 2. The van der Waals surface area contributed by atoms with E-state index in [2.05, 4.69) is 14.9 Å². The van der Waals surface area contributed by atoms with E-state index in [0.717, 1.165) is 11.5 Å². The summed E-state index contributed by atoms with van der Waals surface area (Å²) in [7, 11) is 0. The van der Waals surface area contributed by atoms with Crippen molar-refractivity contribution in [2.24, 2.45) is 0 Å². The van der Waals surface area contributed by atoms with Gasteiger partial charge in [0.05, 0.1) is 6.61 Å². The second-order valence-electron chi connectivity index (χ2n) is 3.50. The number of aromatic nitrogens is 2. The largest absolute Gasteiger partial charge is 0.461 e. The van der Waals surface area contributed by atoms with Crippen LogP contribution in [0.2, 0.25) is 0 Å². The quantitative estimate of drug-likeness (QED) is 0.870. The molecule has 1 N–H and O–H groups in total. The first-order valence-corrected chi connectivity index (χ1v) is 6.51. The molecule has 1 aromatic heterocycles. The maximum Gasteiger partial charge on any atom is 0.417 e. The van der Waals surface area contributed by atoms with Crippen LogP contribution < -0.4 is 10.1 Å². The fourth-order valence-electron chi connectivity index (χ4n) is 1.32. The van der Waals surface area contributed by atoms with Gasteiger partial charge in [0, 0.05) is 11.5 Å². The Hall–Kier alpha value is -2.48. The molecule has 20 heavy (non-hydrogen) atoms. The maximum atomic E-state index is 11.7. The molecule has 1 amide bonds. The van der Waals surface area contributed by atoms with E-state index in [9.17, 15) is 9.59 Å². The van der Waals surface area contributed by atoms with Crippen molar-refractivity contribution in [3.05, 3.63) is 36.0 Å². The first-order valence-electron chi connectivity index (χ1n) is 5.74. The third-order valence-electron chi connectivity index (χ3n) is 2.13. The minimum atomic E-state index is -0.729. The van der Waals surface area contributed by atoms with Gasteiger partial charge >= 0.3 is 12.1 Å². The predicted molar refractivity (Wildman–Crippen MR) is 72.0 cm³/mol. The highest BCUT2D eigenvalue weighted by molar-refractivity contribution is 7.10. The summed E-state index contributed by atoms with van der Waals surface area (Å²) in [6, 6.07) is 8.55. The highest BCUT2D eigenvalue weighted by Gasteiger charge is 2.20. The van der Waals surface area contributed by atoms with Gasteiger partial charge in [-0.15, -0.1) is 5.10 Å². The number of anilines is 1. The van der Waals surface area contributed by atoms with Gasteiger partial charge in [-0.3, -0.25) is 5.32 Å². The Morgan fingerprint density at radius 1 is 1.30 bits per heavy atom. The molecule has 1 aromatic carbocycles. The van der Waals surface area contributed by atoms with Gasteiger partial charge in [0.1, 0.15) is 5.75 Å². The van der Waals surface area contributed by atoms with Crippen molar-refractivity contribution in [3.8, 4) is 5.75 Å². The van der Waals surface area contributed by atoms with Crippen LogP contribution in [0.1, 0.15) is 17.4 Å². The van der Waals surface area contributed by atoms with Crippen molar-refractivity contribution in [1.29, 1.82) is 0 Å². The number of rotatable bonds is 4. The molecule has 0 aliphatic rings. The molecule has 0 radical (unpaired) electrons. The lowest BCUT2D eigenvalue weighted by Crippen LogP contribution is -2.18. The minimum Gasteiger partial charge on any atom is -0.461 e. The zero-order valence-electron chi connectivity index (χ0n) is 10.5. The van der Waals surface area contributed by atoms with Gasteiger partial charge in [-0.05, 0) is 19.1 Å². The lowest BCUT2D eigenvalue weighted by molar-refractivity contribution is 0.0520. The number of nitrogens with zero attached hydrogens (tertiary/aromatic N) is 2. The highest BCUT2D eigenvalue weighted by Crippen LogP contribution is 2.19. The Balaban J connectivity index is 2.02. The van der Waals surface area contributed by atoms with Crippen LogP contribution in [-0.4, -0.2) is 28.3 Å². The van der Waals surface area contributed by atoms with Crippen molar-refractivity contribution in [1.82, 2.24) is 9.59 Å². The van der Waals surface area contributed by atoms with Crippen molar-refractivity contribution in [2.75, 3.05) is 11.9 Å². The van der Waals surface area contributed by atoms with E-state index in [0.29, 0.717) is 5.75 Å². The summed E-state index contributed by atoms with van der Waals surface area (Å²) in [4.78, 5) is 23.2. The van der Waals surface area contributed by atoms with Gasteiger partial charge in [0.15, 0.2) is 5.00 Å². The molecular weight excluding hydrogens is 282 g/mol. The molecule has 0 spiro atoms. The average Bonchev–Trinajstić information content (AvgIpc) is 2.88. The molecule has 0 saturated carbocycles. The Kier molecular flexibility index (Phi) is 4.61. The molecule has 7 nitrogen and oxygen atoms in total. The van der Waals surface area contributed by atoms with Gasteiger partial charge in [-0.1, -0.05) is 22.7 Å². The summed E-state index contributed by atoms with van der Waals surface area (Å²) >= 11 is 0.869. The van der Waals surface area contributed by atoms with Crippen LogP contribution >= 0.6 is 11.5 Å². The summed E-state index contributed by atoms with van der Waals surface area (Å²) in [6.07, 6.45) is -0.729. The number of esters is 1. The monoisotopic (exact) mass is 293 g/mol. The van der Waals surface area contributed by atoms with Crippen LogP contribution in [0, 0.1) is 0 Å². The van der Waals surface area contributed by atoms with E-state index in [1.807, 2.05) is 0 Å². The number of carbonyl (C=O) groups is 2. The summed E-state index contributed by atoms with van der Waals surface area (Å²) in [6.45, 7) is 1.89. The fourth-order valence-corrected chi connectivity index (χ4v) is 1.86. The highest BCUT2D eigenvalue weighted by atomic mass is 32.1. The molecule has 8 heteroatoms. The van der Waals surface area contributed by atoms with Crippen molar-refractivity contribution < 1.29 is 19.1 Å². The molecule has 0 aliphatic heterocycles. The third kappa shape index (κ3) is 3.51. The van der Waals surface area contributed by atoms with Gasteiger partial charge < -0.3 is 9.47 Å². The van der Waals surface area contributed by atoms with Crippen molar-refractivity contribution >= 4 is 28.6 Å². The molecule has 104 valence electrons. The SMILES string of the molecule is CCOC(=O)c1nnsc1NC(=O)Oc1ccccc1. The predicted octanol–water partition coefficient (Wildman–Crippen LogP) is 2.33. The zero-order valence-corrected chi connectivity index (χ0v) is 11.3. The molecule has 1 heterocycles. The van der Waals surface area contributed by atoms with E-state index in [4.69, 9.17) is 9.47 Å². The topological polar surface area (TPSA) is 90.4 Å². The standard InChI is InChI=1S/C12H11N3O4S/c1-2-18-11(16)9-10(20-15-14-9)13-12(17)19-8-6-4-3-5-7-8/h3-7H,2H2,1H3,(H,13,17). The summed E-state index contributed by atoms with van der Waals surface area (Å²) in [5.41, 5.74) is -0.0399. The molecule has 0 saturated heterocycles. The van der Waals surface area contributed by atoms with Gasteiger partial charge in [0.2, 0.25) is 5.69 Å². The molecule has 2 rings (SSSR count). The molecule has 0 unspecified atom stereocenters. The van der Waals surface area contributed by atoms with Crippen molar-refractivity contribution in [2.45, 2.75) is 6.92 Å². The minimum absolute atomic E-state index is 0.0399. The van der Waals surface area contributed by atoms with Gasteiger partial charge in [0.25, 0.3) is 0 Å². The van der Waals surface area contributed by atoms with Crippen LogP contribution in [0.15, 0.2) is 30.3 Å². The zero-order chi connectivity index (χ0) is 14.4. The molecule has 0 aliphatic carbocycles. The Bertz CT molecular complexity index is 600. The summed E-state index contributed by atoms with van der Waals surface area (Å²) in [5, 5.41) is 6.21. The molecule has 0 bridgehead atoms. The fraction of sp³-hybridized carbons (Fsp3) is 0.167. The Morgan fingerprint density at radius 3 is 2.75 bits per heavy atom. The number of benzene rings is 1. The van der Waals surface area contributed by atoms with Crippen LogP contribution in [0.4, 0.5) is 9.80 Å². The van der Waals surface area contributed by atoms with E-state index in [1.165, 1.54) is 0 Å². The van der Waals surface area contributed by atoms with E-state index < -0.39 is 12.1 Å². The van der Waals surface area contributed by atoms with Gasteiger partial charge in [-0.25, -0.2) is 9.59 Å². The smallest absolute Gasteiger partial charge is 0.417 e. The average molecular weight is 293 g/mol. The summed E-state index contributed by atoms with van der Waals surface area (Å²) < 4.78 is 13.4. The number of nitrogens with one attached hydrogen (secondary N) is 1. The third-order valence-corrected chi connectivity index (χ3v) is 2.77. The Morgan fingerprint density at radius 2 is 2.05 bits per heavy atom. The van der Waals surface area contributed by atoms with Gasteiger partial charge in [-0.2, -0.15) is 0 Å². The van der Waals surface area contributed by atoms with E-state index in [-0.39, 0.29) is 17.3 Å². The maximum absolute atomic E-state index is 11.7. The number of carbonyl (C=O) groups excluding carboxylic acids is 2. The van der Waals surface area contributed by atoms with Crippen molar-refractivity contribution in [3.63, 3.8) is 0 Å². The molecular formula is C12H11N3O4S. The number of hydrogen-bond acceptors (Lipinski definition) is 7.